The summed E-state index contributed by atoms with van der Waals surface area (Å²) in [5, 5.41) is 0. The number of halogens is 6. The lowest BCUT2D eigenvalue weighted by atomic mass is 10.2. The van der Waals surface area contributed by atoms with Gasteiger partial charge in [-0.05, 0) is 29.3 Å². The van der Waals surface area contributed by atoms with E-state index in [9.17, 15) is 0 Å². The number of benzene rings is 2. The Morgan fingerprint density at radius 2 is 1.27 bits per heavy atom. The highest BCUT2D eigenvalue weighted by Gasteiger charge is 2.33. The van der Waals surface area contributed by atoms with Crippen LogP contribution in [0.5, 0.6) is 5.75 Å². The summed E-state index contributed by atoms with van der Waals surface area (Å²) >= 11 is 35.2. The average Bonchev–Trinajstić information content (AvgIpc) is 2.71. The minimum Gasteiger partial charge on any atom is -0.489 e. The van der Waals surface area contributed by atoms with Crippen molar-refractivity contribution in [2.24, 2.45) is 0 Å². The Bertz CT molecular complexity index is 983. The van der Waals surface area contributed by atoms with Crippen LogP contribution < -0.4 is 4.74 Å². The van der Waals surface area contributed by atoms with Crippen molar-refractivity contribution in [1.29, 1.82) is 0 Å². The van der Waals surface area contributed by atoms with E-state index in [0.717, 1.165) is 16.9 Å². The molecule has 0 bridgehead atoms. The molecule has 0 spiro atoms. The second-order valence-corrected chi connectivity index (χ2v) is 10.6. The molecule has 0 aliphatic heterocycles. The smallest absolute Gasteiger partial charge is 0.250 e. The minimum atomic E-state index is -1.89. The van der Waals surface area contributed by atoms with Crippen LogP contribution in [-0.2, 0) is 14.2 Å². The molecule has 30 heavy (non-hydrogen) atoms. The van der Waals surface area contributed by atoms with Crippen LogP contribution in [0.25, 0.3) is 12.2 Å². The zero-order valence-corrected chi connectivity index (χ0v) is 19.6. The topological polar surface area (TPSA) is 47.9 Å². The number of hydrogen-bond donors (Lipinski definition) is 0. The number of nitrogens with zero attached hydrogens (tertiary/aromatic N) is 3. The molecular weight excluding hydrogens is 511 g/mol. The van der Waals surface area contributed by atoms with Gasteiger partial charge >= 0.3 is 0 Å². The first-order chi connectivity index (χ1) is 14.1. The summed E-state index contributed by atoms with van der Waals surface area (Å²) in [7, 11) is 0. The molecule has 4 nitrogen and oxygen atoms in total. The summed E-state index contributed by atoms with van der Waals surface area (Å²) in [6.07, 6.45) is 3.36. The number of hydrogen-bond acceptors (Lipinski definition) is 4. The van der Waals surface area contributed by atoms with E-state index in [0.29, 0.717) is 6.61 Å². The van der Waals surface area contributed by atoms with E-state index < -0.39 is 7.59 Å². The maximum atomic E-state index is 5.87. The van der Waals surface area contributed by atoms with Crippen molar-refractivity contribution < 1.29 is 4.74 Å². The van der Waals surface area contributed by atoms with Crippen LogP contribution in [0.3, 0.4) is 0 Å². The number of rotatable bonds is 5. The van der Waals surface area contributed by atoms with Gasteiger partial charge in [0.2, 0.25) is 7.59 Å². The third kappa shape index (κ3) is 6.88. The van der Waals surface area contributed by atoms with E-state index in [4.69, 9.17) is 74.3 Å². The van der Waals surface area contributed by atoms with Gasteiger partial charge < -0.3 is 4.74 Å². The van der Waals surface area contributed by atoms with Crippen LogP contribution in [0.4, 0.5) is 0 Å². The van der Waals surface area contributed by atoms with Crippen molar-refractivity contribution >= 4 is 81.8 Å². The summed E-state index contributed by atoms with van der Waals surface area (Å²) in [6.45, 7) is 0.487. The van der Waals surface area contributed by atoms with Crippen LogP contribution >= 0.6 is 69.6 Å². The van der Waals surface area contributed by atoms with Crippen LogP contribution in [-0.4, -0.2) is 15.0 Å². The molecule has 1 aromatic heterocycles. The molecule has 2 aromatic carbocycles. The molecule has 156 valence electrons. The predicted octanol–water partition coefficient (Wildman–Crippen LogP) is 7.27. The predicted molar refractivity (Wildman–Crippen MR) is 124 cm³/mol. The molecule has 0 saturated heterocycles. The van der Waals surface area contributed by atoms with Crippen molar-refractivity contribution in [2.45, 2.75) is 14.2 Å². The maximum Gasteiger partial charge on any atom is 0.250 e. The third-order valence-corrected chi connectivity index (χ3v) is 4.73. The summed E-state index contributed by atoms with van der Waals surface area (Å²) in [4.78, 5) is 12.1. The molecule has 0 fully saturated rings. The van der Waals surface area contributed by atoms with Gasteiger partial charge in [-0.1, -0.05) is 118 Å². The molecule has 0 radical (unpaired) electrons. The molecule has 3 aromatic rings. The van der Waals surface area contributed by atoms with E-state index in [1.807, 2.05) is 54.6 Å². The Kier molecular flexibility index (Phi) is 7.72. The quantitative estimate of drug-likeness (QED) is 0.330. The fourth-order valence-electron chi connectivity index (χ4n) is 2.31. The average molecular weight is 524 g/mol. The second kappa shape index (κ2) is 9.90. The normalized spacial score (nSPS) is 12.3. The SMILES string of the molecule is ClC(Cl)(Cl)c1nc(/C=C/c2ccc(OCc3ccccc3)cc2)nc(C(Cl)(Cl)Cl)n1. The summed E-state index contributed by atoms with van der Waals surface area (Å²) < 4.78 is 1.98. The zero-order valence-electron chi connectivity index (χ0n) is 15.1. The van der Waals surface area contributed by atoms with Gasteiger partial charge in [0.25, 0.3) is 0 Å². The van der Waals surface area contributed by atoms with E-state index in [1.165, 1.54) is 0 Å². The fraction of sp³-hybridized carbons (Fsp3) is 0.150. The Morgan fingerprint density at radius 3 is 1.80 bits per heavy atom. The molecule has 3 rings (SSSR count). The molecule has 0 saturated carbocycles. The molecule has 0 atom stereocenters. The van der Waals surface area contributed by atoms with Gasteiger partial charge in [-0.2, -0.15) is 0 Å². The Balaban J connectivity index is 1.75. The third-order valence-electron chi connectivity index (χ3n) is 3.71. The summed E-state index contributed by atoms with van der Waals surface area (Å²) in [5.74, 6) is 0.631. The standard InChI is InChI=1S/C20H13Cl6N3O/c21-19(22,23)17-27-16(28-18(29-17)20(24,25)26)11-8-13-6-9-15(10-7-13)30-12-14-4-2-1-3-5-14/h1-11H,12H2/b11-8+. The van der Waals surface area contributed by atoms with E-state index in [-0.39, 0.29) is 17.5 Å². The zero-order chi connectivity index (χ0) is 21.8. The molecule has 1 heterocycles. The molecule has 0 amide bonds. The van der Waals surface area contributed by atoms with Gasteiger partial charge in [0.05, 0.1) is 0 Å². The lowest BCUT2D eigenvalue weighted by molar-refractivity contribution is 0.306. The minimum absolute atomic E-state index is 0.145. The van der Waals surface area contributed by atoms with Gasteiger partial charge in [-0.25, -0.2) is 15.0 Å². The highest BCUT2D eigenvalue weighted by atomic mass is 35.6. The summed E-state index contributed by atoms with van der Waals surface area (Å²) in [6, 6.07) is 17.4. The van der Waals surface area contributed by atoms with Crippen LogP contribution in [0, 0.1) is 0 Å². The first kappa shape index (κ1) is 23.4. The fourth-order valence-corrected chi connectivity index (χ4v) is 2.81. The van der Waals surface area contributed by atoms with Crippen molar-refractivity contribution in [1.82, 2.24) is 15.0 Å². The highest BCUT2D eigenvalue weighted by molar-refractivity contribution is 6.67. The molecule has 0 aliphatic carbocycles. The van der Waals surface area contributed by atoms with Crippen molar-refractivity contribution in [2.75, 3.05) is 0 Å². The highest BCUT2D eigenvalue weighted by Crippen LogP contribution is 2.40. The molecule has 0 unspecified atom stereocenters. The van der Waals surface area contributed by atoms with Gasteiger partial charge in [-0.3, -0.25) is 0 Å². The summed E-state index contributed by atoms with van der Waals surface area (Å²) in [5.41, 5.74) is 1.96. The number of aromatic nitrogens is 3. The van der Waals surface area contributed by atoms with Crippen LogP contribution in [0.15, 0.2) is 54.6 Å². The lowest BCUT2D eigenvalue weighted by Crippen LogP contribution is -2.16. The number of ether oxygens (including phenoxy) is 1. The van der Waals surface area contributed by atoms with Crippen LogP contribution in [0.1, 0.15) is 28.6 Å². The first-order valence-electron chi connectivity index (χ1n) is 8.46. The van der Waals surface area contributed by atoms with Crippen LogP contribution in [0.2, 0.25) is 0 Å². The van der Waals surface area contributed by atoms with Crippen molar-refractivity contribution in [3.8, 4) is 5.75 Å². The molecule has 10 heteroatoms. The monoisotopic (exact) mass is 521 g/mol. The van der Waals surface area contributed by atoms with Gasteiger partial charge in [-0.15, -0.1) is 0 Å². The lowest BCUT2D eigenvalue weighted by Gasteiger charge is -2.14. The van der Waals surface area contributed by atoms with Gasteiger partial charge in [0, 0.05) is 0 Å². The van der Waals surface area contributed by atoms with E-state index in [2.05, 4.69) is 15.0 Å². The molecule has 0 N–H and O–H groups in total. The molecular formula is C20H13Cl6N3O. The Labute approximate surface area is 203 Å². The Hall–Kier alpha value is -1.27. The first-order valence-corrected chi connectivity index (χ1v) is 10.7. The molecule has 0 aliphatic rings. The van der Waals surface area contributed by atoms with Crippen molar-refractivity contribution in [3.63, 3.8) is 0 Å². The van der Waals surface area contributed by atoms with Gasteiger partial charge in [0.15, 0.2) is 17.5 Å². The largest absolute Gasteiger partial charge is 0.489 e. The number of alkyl halides is 6. The maximum absolute atomic E-state index is 5.87. The second-order valence-electron chi connectivity index (χ2n) is 6.01. The van der Waals surface area contributed by atoms with Gasteiger partial charge in [0.1, 0.15) is 12.4 Å². The van der Waals surface area contributed by atoms with Crippen molar-refractivity contribution in [3.05, 3.63) is 83.2 Å². The van der Waals surface area contributed by atoms with E-state index in [1.54, 1.807) is 12.2 Å². The van der Waals surface area contributed by atoms with E-state index >= 15 is 0 Å². The Morgan fingerprint density at radius 1 is 0.700 bits per heavy atom.